The number of anilines is 1. The van der Waals surface area contributed by atoms with Crippen LogP contribution in [0.25, 0.3) is 0 Å². The van der Waals surface area contributed by atoms with E-state index in [9.17, 15) is 8.42 Å². The number of hydrogen-bond donors (Lipinski definition) is 0. The Morgan fingerprint density at radius 3 is 2.22 bits per heavy atom. The Balaban J connectivity index is 2.56. The van der Waals surface area contributed by atoms with Gasteiger partial charge in [-0.2, -0.15) is 0 Å². The van der Waals surface area contributed by atoms with Crippen molar-refractivity contribution in [1.82, 2.24) is 0 Å². The second kappa shape index (κ2) is 7.30. The summed E-state index contributed by atoms with van der Waals surface area (Å²) >= 11 is 15.6. The van der Waals surface area contributed by atoms with Crippen molar-refractivity contribution in [1.29, 1.82) is 0 Å². The molecule has 2 rings (SSSR count). The maximum atomic E-state index is 13.0. The number of rotatable bonds is 5. The zero-order chi connectivity index (χ0) is 17.2. The molecule has 0 aromatic heterocycles. The van der Waals surface area contributed by atoms with Gasteiger partial charge in [-0.05, 0) is 43.3 Å². The molecule has 4 nitrogen and oxygen atoms in total. The number of nitrogens with zero attached hydrogens (tertiary/aromatic N) is 1. The fourth-order valence-corrected chi connectivity index (χ4v) is 4.64. The molecule has 23 heavy (non-hydrogen) atoms. The summed E-state index contributed by atoms with van der Waals surface area (Å²) in [5, 5.41) is 0.0173. The Hall–Kier alpha value is -0.950. The predicted molar refractivity (Wildman–Crippen MR) is 97.4 cm³/mol. The third-order valence-electron chi connectivity index (χ3n) is 3.20. The van der Waals surface area contributed by atoms with E-state index in [0.717, 1.165) is 4.47 Å². The van der Waals surface area contributed by atoms with Gasteiger partial charge in [-0.3, -0.25) is 4.31 Å². The van der Waals surface area contributed by atoms with E-state index in [1.54, 1.807) is 31.2 Å². The van der Waals surface area contributed by atoms with E-state index in [0.29, 0.717) is 11.4 Å². The van der Waals surface area contributed by atoms with Crippen LogP contribution in [-0.4, -0.2) is 22.1 Å². The van der Waals surface area contributed by atoms with Crippen LogP contribution in [0.2, 0.25) is 10.0 Å². The van der Waals surface area contributed by atoms with Gasteiger partial charge in [0.25, 0.3) is 10.0 Å². The van der Waals surface area contributed by atoms with E-state index in [1.165, 1.54) is 23.5 Å². The zero-order valence-corrected chi connectivity index (χ0v) is 16.3. The van der Waals surface area contributed by atoms with Crippen molar-refractivity contribution < 1.29 is 13.2 Å². The molecule has 0 unspecified atom stereocenters. The van der Waals surface area contributed by atoms with Crippen molar-refractivity contribution in [2.75, 3.05) is 18.0 Å². The Bertz CT molecular complexity index is 810. The van der Waals surface area contributed by atoms with Crippen molar-refractivity contribution in [3.05, 3.63) is 50.9 Å². The molecule has 0 saturated carbocycles. The maximum Gasteiger partial charge on any atom is 0.265 e. The van der Waals surface area contributed by atoms with Crippen molar-refractivity contribution in [3.63, 3.8) is 0 Å². The fraction of sp³-hybridized carbons (Fsp3) is 0.200. The first-order chi connectivity index (χ1) is 10.8. The minimum Gasteiger partial charge on any atom is -0.495 e. The monoisotopic (exact) mass is 437 g/mol. The van der Waals surface area contributed by atoms with Crippen molar-refractivity contribution >= 4 is 54.8 Å². The molecule has 0 fully saturated rings. The van der Waals surface area contributed by atoms with Gasteiger partial charge in [0.1, 0.15) is 15.7 Å². The molecular formula is C15H14BrCl2NO3S. The highest BCUT2D eigenvalue weighted by molar-refractivity contribution is 9.10. The molecule has 2 aromatic carbocycles. The van der Waals surface area contributed by atoms with Gasteiger partial charge in [0.2, 0.25) is 0 Å². The molecule has 0 aliphatic heterocycles. The number of ether oxygens (including phenoxy) is 1. The topological polar surface area (TPSA) is 46.6 Å². The van der Waals surface area contributed by atoms with Crippen molar-refractivity contribution in [2.24, 2.45) is 0 Å². The summed E-state index contributed by atoms with van der Waals surface area (Å²) in [7, 11) is -2.41. The molecule has 0 amide bonds. The fourth-order valence-electron chi connectivity index (χ4n) is 2.09. The largest absolute Gasteiger partial charge is 0.495 e. The minimum absolute atomic E-state index is 0.0541. The van der Waals surface area contributed by atoms with Crippen LogP contribution < -0.4 is 9.04 Å². The SMILES string of the molecule is CCN(c1ccc(Br)cc1)S(=O)(=O)c1ccc(OC)c(Cl)c1Cl. The Labute approximate surface area is 154 Å². The maximum absolute atomic E-state index is 13.0. The van der Waals surface area contributed by atoms with E-state index in [1.807, 2.05) is 0 Å². The summed E-state index contributed by atoms with van der Waals surface area (Å²) in [6, 6.07) is 9.85. The zero-order valence-electron chi connectivity index (χ0n) is 12.4. The molecule has 0 aliphatic rings. The summed E-state index contributed by atoms with van der Waals surface area (Å²) in [4.78, 5) is -0.0604. The summed E-state index contributed by atoms with van der Waals surface area (Å²) < 4.78 is 33.1. The van der Waals surface area contributed by atoms with Gasteiger partial charge < -0.3 is 4.74 Å². The first-order valence-corrected chi connectivity index (χ1v) is 9.62. The van der Waals surface area contributed by atoms with E-state index >= 15 is 0 Å². The number of sulfonamides is 1. The van der Waals surface area contributed by atoms with E-state index < -0.39 is 10.0 Å². The average Bonchev–Trinajstić information content (AvgIpc) is 2.52. The quantitative estimate of drug-likeness (QED) is 0.661. The Morgan fingerprint density at radius 1 is 1.09 bits per heavy atom. The second-order valence-electron chi connectivity index (χ2n) is 4.54. The number of methoxy groups -OCH3 is 1. The van der Waals surface area contributed by atoms with Crippen LogP contribution in [0, 0.1) is 0 Å². The number of halogens is 3. The van der Waals surface area contributed by atoms with Crippen LogP contribution in [0.4, 0.5) is 5.69 Å². The molecule has 0 bridgehead atoms. The molecule has 0 heterocycles. The van der Waals surface area contributed by atoms with Crippen LogP contribution in [0.5, 0.6) is 5.75 Å². The van der Waals surface area contributed by atoms with Crippen LogP contribution in [-0.2, 0) is 10.0 Å². The van der Waals surface area contributed by atoms with E-state index in [-0.39, 0.29) is 21.5 Å². The smallest absolute Gasteiger partial charge is 0.265 e. The molecular weight excluding hydrogens is 425 g/mol. The standard InChI is InChI=1S/C15H14BrCl2NO3S/c1-3-19(11-6-4-10(16)5-7-11)23(20,21)13-9-8-12(22-2)14(17)15(13)18/h4-9H,3H2,1-2H3. The highest BCUT2D eigenvalue weighted by Gasteiger charge is 2.28. The lowest BCUT2D eigenvalue weighted by atomic mass is 10.3. The van der Waals surface area contributed by atoms with Crippen molar-refractivity contribution in [3.8, 4) is 5.75 Å². The highest BCUT2D eigenvalue weighted by atomic mass is 79.9. The first-order valence-electron chi connectivity index (χ1n) is 6.63. The molecule has 124 valence electrons. The van der Waals surface area contributed by atoms with Gasteiger partial charge in [-0.1, -0.05) is 39.1 Å². The molecule has 0 N–H and O–H groups in total. The number of hydrogen-bond acceptors (Lipinski definition) is 3. The van der Waals surface area contributed by atoms with Crippen molar-refractivity contribution in [2.45, 2.75) is 11.8 Å². The van der Waals surface area contributed by atoms with E-state index in [2.05, 4.69) is 15.9 Å². The molecule has 0 radical (unpaired) electrons. The first kappa shape index (κ1) is 18.4. The van der Waals surface area contributed by atoms with Crippen LogP contribution in [0.15, 0.2) is 45.8 Å². The van der Waals surface area contributed by atoms with Crippen LogP contribution >= 0.6 is 39.1 Å². The normalized spacial score (nSPS) is 11.3. The lowest BCUT2D eigenvalue weighted by Gasteiger charge is -2.24. The molecule has 8 heteroatoms. The predicted octanol–water partition coefficient (Wildman–Crippen LogP) is 4.98. The minimum atomic E-state index is -3.85. The molecule has 0 saturated heterocycles. The van der Waals surface area contributed by atoms with Gasteiger partial charge in [-0.25, -0.2) is 8.42 Å². The van der Waals surface area contributed by atoms with Gasteiger partial charge in [0.05, 0.1) is 17.8 Å². The average molecular weight is 439 g/mol. The van der Waals surface area contributed by atoms with E-state index in [4.69, 9.17) is 27.9 Å². The summed E-state index contributed by atoms with van der Waals surface area (Å²) in [5.74, 6) is 0.322. The summed E-state index contributed by atoms with van der Waals surface area (Å²) in [6.07, 6.45) is 0. The molecule has 0 aliphatic carbocycles. The van der Waals surface area contributed by atoms with Crippen LogP contribution in [0.1, 0.15) is 6.92 Å². The third-order valence-corrected chi connectivity index (χ3v) is 6.65. The Kier molecular flexibility index (Phi) is 5.84. The molecule has 0 spiro atoms. The van der Waals surface area contributed by atoms with Gasteiger partial charge in [0.15, 0.2) is 0 Å². The Morgan fingerprint density at radius 2 is 1.70 bits per heavy atom. The van der Waals surface area contributed by atoms with Gasteiger partial charge in [0, 0.05) is 11.0 Å². The number of benzene rings is 2. The van der Waals surface area contributed by atoms with Gasteiger partial charge >= 0.3 is 0 Å². The highest BCUT2D eigenvalue weighted by Crippen LogP contribution is 2.38. The third kappa shape index (κ3) is 3.60. The summed E-state index contributed by atoms with van der Waals surface area (Å²) in [6.45, 7) is 2.00. The summed E-state index contributed by atoms with van der Waals surface area (Å²) in [5.41, 5.74) is 0.540. The lowest BCUT2D eigenvalue weighted by Crippen LogP contribution is -2.31. The second-order valence-corrected chi connectivity index (χ2v) is 8.04. The van der Waals surface area contributed by atoms with Crippen LogP contribution in [0.3, 0.4) is 0 Å². The van der Waals surface area contributed by atoms with Gasteiger partial charge in [-0.15, -0.1) is 0 Å². The molecule has 0 atom stereocenters. The molecule has 2 aromatic rings. The lowest BCUT2D eigenvalue weighted by molar-refractivity contribution is 0.414.